The first-order valence-electron chi connectivity index (χ1n) is 5.75. The zero-order chi connectivity index (χ0) is 15.0. The number of hydrogen-bond acceptors (Lipinski definition) is 4. The van der Waals surface area contributed by atoms with Gasteiger partial charge in [0.15, 0.2) is 0 Å². The van der Waals surface area contributed by atoms with Crippen LogP contribution in [0.4, 0.5) is 13.2 Å². The molecule has 0 aromatic carbocycles. The molecule has 1 aliphatic rings. The molecule has 114 valence electrons. The van der Waals surface area contributed by atoms with Crippen molar-refractivity contribution < 1.29 is 21.6 Å². The number of halogens is 4. The Morgan fingerprint density at radius 1 is 1.40 bits per heavy atom. The molecule has 2 N–H and O–H groups in total. The molecule has 0 amide bonds. The Hall–Kier alpha value is -0.160. The van der Waals surface area contributed by atoms with E-state index in [2.05, 4.69) is 21.2 Å². The SMILES string of the molecule is O=S(=O)(NCC(F)(F)F)c1cc(CNC2CC2)sc1Br. The van der Waals surface area contributed by atoms with E-state index in [4.69, 9.17) is 0 Å². The minimum Gasteiger partial charge on any atom is -0.309 e. The Morgan fingerprint density at radius 3 is 2.60 bits per heavy atom. The minimum absolute atomic E-state index is 0.153. The fraction of sp³-hybridized carbons (Fsp3) is 0.600. The van der Waals surface area contributed by atoms with E-state index in [0.717, 1.165) is 17.7 Å². The fourth-order valence-corrected chi connectivity index (χ4v) is 5.10. The highest BCUT2D eigenvalue weighted by Crippen LogP contribution is 2.32. The lowest BCUT2D eigenvalue weighted by Gasteiger charge is -2.08. The summed E-state index contributed by atoms with van der Waals surface area (Å²) in [6, 6.07) is 1.86. The van der Waals surface area contributed by atoms with Gasteiger partial charge < -0.3 is 5.32 Å². The van der Waals surface area contributed by atoms with Crippen molar-refractivity contribution in [2.45, 2.75) is 36.5 Å². The van der Waals surface area contributed by atoms with Crippen LogP contribution in [-0.4, -0.2) is 27.2 Å². The van der Waals surface area contributed by atoms with E-state index in [1.807, 2.05) is 0 Å². The van der Waals surface area contributed by atoms with Gasteiger partial charge in [-0.25, -0.2) is 13.1 Å². The second kappa shape index (κ2) is 5.91. The first-order valence-corrected chi connectivity index (χ1v) is 8.85. The summed E-state index contributed by atoms with van der Waals surface area (Å²) in [5, 5.41) is 3.22. The smallest absolute Gasteiger partial charge is 0.309 e. The molecule has 1 saturated carbocycles. The second-order valence-corrected chi connectivity index (χ2v) is 8.64. The molecule has 0 spiro atoms. The monoisotopic (exact) mass is 392 g/mol. The maximum atomic E-state index is 12.1. The van der Waals surface area contributed by atoms with Crippen LogP contribution >= 0.6 is 27.3 Å². The number of rotatable bonds is 6. The van der Waals surface area contributed by atoms with Gasteiger partial charge in [0.1, 0.15) is 11.4 Å². The second-order valence-electron chi connectivity index (χ2n) is 4.45. The van der Waals surface area contributed by atoms with Crippen LogP contribution < -0.4 is 10.0 Å². The molecular formula is C10H12BrF3N2O2S2. The van der Waals surface area contributed by atoms with Gasteiger partial charge >= 0.3 is 6.18 Å². The van der Waals surface area contributed by atoms with Crippen LogP contribution in [-0.2, 0) is 16.6 Å². The van der Waals surface area contributed by atoms with Crippen LogP contribution in [0.2, 0.25) is 0 Å². The van der Waals surface area contributed by atoms with Crippen LogP contribution in [0.25, 0.3) is 0 Å². The number of nitrogens with one attached hydrogen (secondary N) is 2. The van der Waals surface area contributed by atoms with E-state index < -0.39 is 22.7 Å². The van der Waals surface area contributed by atoms with Crippen molar-refractivity contribution in [1.29, 1.82) is 0 Å². The van der Waals surface area contributed by atoms with Crippen molar-refractivity contribution >= 4 is 37.3 Å². The van der Waals surface area contributed by atoms with Gasteiger partial charge in [-0.1, -0.05) is 0 Å². The summed E-state index contributed by atoms with van der Waals surface area (Å²) in [6.07, 6.45) is -2.37. The Kier molecular flexibility index (Phi) is 4.80. The van der Waals surface area contributed by atoms with Crippen molar-refractivity contribution in [2.75, 3.05) is 6.54 Å². The highest BCUT2D eigenvalue weighted by Gasteiger charge is 2.31. The highest BCUT2D eigenvalue weighted by atomic mass is 79.9. The maximum absolute atomic E-state index is 12.1. The Morgan fingerprint density at radius 2 is 2.05 bits per heavy atom. The largest absolute Gasteiger partial charge is 0.402 e. The molecule has 0 atom stereocenters. The molecule has 1 aromatic heterocycles. The molecule has 20 heavy (non-hydrogen) atoms. The van der Waals surface area contributed by atoms with Gasteiger partial charge in [0.05, 0.1) is 3.79 Å². The van der Waals surface area contributed by atoms with E-state index in [0.29, 0.717) is 16.4 Å². The van der Waals surface area contributed by atoms with Gasteiger partial charge in [-0.05, 0) is 34.8 Å². The van der Waals surface area contributed by atoms with Gasteiger partial charge in [0.25, 0.3) is 0 Å². The number of hydrogen-bond donors (Lipinski definition) is 2. The Bertz CT molecular complexity index is 582. The van der Waals surface area contributed by atoms with Crippen LogP contribution in [0.3, 0.4) is 0 Å². The highest BCUT2D eigenvalue weighted by molar-refractivity contribution is 9.11. The van der Waals surface area contributed by atoms with E-state index in [-0.39, 0.29) is 4.90 Å². The molecule has 2 rings (SSSR count). The lowest BCUT2D eigenvalue weighted by molar-refractivity contribution is -0.121. The minimum atomic E-state index is -4.58. The molecule has 4 nitrogen and oxygen atoms in total. The van der Waals surface area contributed by atoms with Crippen LogP contribution in [0.5, 0.6) is 0 Å². The third-order valence-electron chi connectivity index (χ3n) is 2.60. The average molecular weight is 393 g/mol. The lowest BCUT2D eigenvalue weighted by atomic mass is 10.4. The van der Waals surface area contributed by atoms with E-state index in [1.165, 1.54) is 17.4 Å². The van der Waals surface area contributed by atoms with Gasteiger partial charge in [-0.3, -0.25) is 0 Å². The number of thiophene rings is 1. The summed E-state index contributed by atoms with van der Waals surface area (Å²) in [5.41, 5.74) is 0. The summed E-state index contributed by atoms with van der Waals surface area (Å²) in [5.74, 6) is 0. The zero-order valence-corrected chi connectivity index (χ0v) is 13.3. The number of sulfonamides is 1. The Balaban J connectivity index is 2.05. The molecule has 1 heterocycles. The van der Waals surface area contributed by atoms with Gasteiger partial charge in [0, 0.05) is 17.5 Å². The van der Waals surface area contributed by atoms with Crippen LogP contribution in [0.15, 0.2) is 14.7 Å². The molecule has 10 heteroatoms. The van der Waals surface area contributed by atoms with Crippen molar-refractivity contribution in [1.82, 2.24) is 10.0 Å². The van der Waals surface area contributed by atoms with E-state index in [1.54, 1.807) is 4.72 Å². The normalized spacial score (nSPS) is 16.6. The third-order valence-corrected chi connectivity index (χ3v) is 6.25. The third kappa shape index (κ3) is 4.69. The molecule has 0 radical (unpaired) electrons. The van der Waals surface area contributed by atoms with E-state index >= 15 is 0 Å². The van der Waals surface area contributed by atoms with Crippen LogP contribution in [0, 0.1) is 0 Å². The van der Waals surface area contributed by atoms with Crippen LogP contribution in [0.1, 0.15) is 17.7 Å². The fourth-order valence-electron chi connectivity index (χ4n) is 1.46. The van der Waals surface area contributed by atoms with Gasteiger partial charge in [-0.15, -0.1) is 11.3 Å². The zero-order valence-electron chi connectivity index (χ0n) is 10.1. The van der Waals surface area contributed by atoms with Gasteiger partial charge in [-0.2, -0.15) is 13.2 Å². The van der Waals surface area contributed by atoms with E-state index in [9.17, 15) is 21.6 Å². The summed E-state index contributed by atoms with van der Waals surface area (Å²) in [4.78, 5) is 0.607. The predicted molar refractivity (Wildman–Crippen MR) is 73.1 cm³/mol. The molecular weight excluding hydrogens is 381 g/mol. The summed E-state index contributed by atoms with van der Waals surface area (Å²) in [6.45, 7) is -1.06. The topological polar surface area (TPSA) is 58.2 Å². The summed E-state index contributed by atoms with van der Waals surface area (Å²) < 4.78 is 61.7. The molecule has 0 bridgehead atoms. The Labute approximate surface area is 126 Å². The average Bonchev–Trinajstić information content (AvgIpc) is 3.06. The first kappa shape index (κ1) is 16.2. The summed E-state index contributed by atoms with van der Waals surface area (Å²) >= 11 is 4.28. The van der Waals surface area contributed by atoms with Gasteiger partial charge in [0.2, 0.25) is 10.0 Å². The summed E-state index contributed by atoms with van der Waals surface area (Å²) in [7, 11) is -4.16. The maximum Gasteiger partial charge on any atom is 0.402 e. The molecule has 0 aliphatic heterocycles. The van der Waals surface area contributed by atoms with Crippen molar-refractivity contribution in [3.05, 3.63) is 14.7 Å². The number of alkyl halides is 3. The van der Waals surface area contributed by atoms with Crippen molar-refractivity contribution in [2.24, 2.45) is 0 Å². The molecule has 1 aromatic rings. The first-order chi connectivity index (χ1) is 9.17. The lowest BCUT2D eigenvalue weighted by Crippen LogP contribution is -2.33. The van der Waals surface area contributed by atoms with Crippen molar-refractivity contribution in [3.8, 4) is 0 Å². The quantitative estimate of drug-likeness (QED) is 0.782. The molecule has 1 aliphatic carbocycles. The molecule has 1 fully saturated rings. The molecule has 0 saturated heterocycles. The van der Waals surface area contributed by atoms with Crippen molar-refractivity contribution in [3.63, 3.8) is 0 Å². The predicted octanol–water partition coefficient (Wildman–Crippen LogP) is 2.60. The molecule has 0 unspecified atom stereocenters. The standard InChI is InChI=1S/C10H12BrF3N2O2S2/c11-9-8(20(17,18)16-5-10(12,13)14)3-7(19-9)4-15-6-1-2-6/h3,6,15-16H,1-2,4-5H2.